The Morgan fingerprint density at radius 1 is 1.39 bits per heavy atom. The molecule has 0 bridgehead atoms. The van der Waals surface area contributed by atoms with Gasteiger partial charge in [0.1, 0.15) is 5.75 Å². The van der Waals surface area contributed by atoms with E-state index in [-0.39, 0.29) is 24.2 Å². The van der Waals surface area contributed by atoms with Crippen LogP contribution in [0.4, 0.5) is 0 Å². The van der Waals surface area contributed by atoms with Gasteiger partial charge in [-0.05, 0) is 18.2 Å². The van der Waals surface area contributed by atoms with Crippen molar-refractivity contribution in [3.63, 3.8) is 0 Å². The minimum absolute atomic E-state index is 0.0618. The molecule has 1 N–H and O–H groups in total. The van der Waals surface area contributed by atoms with Crippen molar-refractivity contribution in [2.75, 3.05) is 13.7 Å². The molecule has 1 rings (SSSR count). The van der Waals surface area contributed by atoms with Gasteiger partial charge in [0.15, 0.2) is 5.78 Å². The average Bonchev–Trinajstić information content (AvgIpc) is 2.35. The zero-order valence-corrected chi connectivity index (χ0v) is 11.4. The van der Waals surface area contributed by atoms with Crippen LogP contribution in [0.15, 0.2) is 18.2 Å². The van der Waals surface area contributed by atoms with Gasteiger partial charge in [0, 0.05) is 10.9 Å². The Morgan fingerprint density at radius 3 is 2.61 bits per heavy atom. The number of Topliss-reactive ketones (excluding diaryl/α,β-unsaturated/α-hetero) is 1. The molecule has 0 radical (unpaired) electrons. The maximum absolute atomic E-state index is 12.0. The van der Waals surface area contributed by atoms with Crippen LogP contribution in [-0.2, 0) is 4.79 Å². The molecule has 0 heterocycles. The summed E-state index contributed by atoms with van der Waals surface area (Å²) in [4.78, 5) is 23.3. The molecule has 0 aliphatic heterocycles. The molecule has 4 nitrogen and oxygen atoms in total. The number of hydrogen-bond donors (Lipinski definition) is 1. The van der Waals surface area contributed by atoms with Crippen LogP contribution < -0.4 is 10.1 Å². The average molecular weight is 270 g/mol. The normalized spacial score (nSPS) is 10.3. The number of carbonyl (C=O) groups excluding carboxylic acids is 2. The first-order valence-corrected chi connectivity index (χ1v) is 5.98. The molecule has 1 aromatic carbocycles. The molecule has 1 amide bonds. The summed E-state index contributed by atoms with van der Waals surface area (Å²) < 4.78 is 5.08. The second-order valence-corrected chi connectivity index (χ2v) is 4.58. The van der Waals surface area contributed by atoms with Crippen LogP contribution in [-0.4, -0.2) is 25.3 Å². The van der Waals surface area contributed by atoms with Gasteiger partial charge >= 0.3 is 0 Å². The fraction of sp³-hybridized carbons (Fsp3) is 0.385. The highest BCUT2D eigenvalue weighted by atomic mass is 35.5. The number of amides is 1. The highest BCUT2D eigenvalue weighted by Crippen LogP contribution is 2.22. The van der Waals surface area contributed by atoms with Crippen molar-refractivity contribution in [2.24, 2.45) is 5.92 Å². The molecule has 0 unspecified atom stereocenters. The van der Waals surface area contributed by atoms with Gasteiger partial charge in [-0.2, -0.15) is 0 Å². The van der Waals surface area contributed by atoms with Crippen molar-refractivity contribution in [1.29, 1.82) is 0 Å². The Kier molecular flexibility index (Phi) is 5.16. The van der Waals surface area contributed by atoms with Crippen LogP contribution >= 0.6 is 11.6 Å². The fourth-order valence-electron chi connectivity index (χ4n) is 1.36. The monoisotopic (exact) mass is 269 g/mol. The Hall–Kier alpha value is -1.55. The van der Waals surface area contributed by atoms with E-state index in [1.807, 2.05) is 0 Å². The Morgan fingerprint density at radius 2 is 2.06 bits per heavy atom. The highest BCUT2D eigenvalue weighted by molar-refractivity contribution is 6.31. The highest BCUT2D eigenvalue weighted by Gasteiger charge is 2.15. The number of methoxy groups -OCH3 is 1. The topological polar surface area (TPSA) is 55.4 Å². The molecule has 0 saturated heterocycles. The summed E-state index contributed by atoms with van der Waals surface area (Å²) in [5.74, 6) is -0.102. The molecule has 0 fully saturated rings. The smallest absolute Gasteiger partial charge is 0.222 e. The predicted molar refractivity (Wildman–Crippen MR) is 70.2 cm³/mol. The third kappa shape index (κ3) is 3.74. The second-order valence-electron chi connectivity index (χ2n) is 4.14. The lowest BCUT2D eigenvalue weighted by Crippen LogP contribution is -2.32. The zero-order valence-electron chi connectivity index (χ0n) is 10.6. The summed E-state index contributed by atoms with van der Waals surface area (Å²) in [7, 11) is 1.48. The van der Waals surface area contributed by atoms with Crippen LogP contribution in [0.3, 0.4) is 0 Å². The van der Waals surface area contributed by atoms with Gasteiger partial charge < -0.3 is 10.1 Å². The molecule has 18 heavy (non-hydrogen) atoms. The van der Waals surface area contributed by atoms with E-state index in [2.05, 4.69) is 5.32 Å². The maximum atomic E-state index is 12.0. The third-order valence-electron chi connectivity index (χ3n) is 2.41. The molecule has 0 saturated carbocycles. The first kappa shape index (κ1) is 14.5. The lowest BCUT2D eigenvalue weighted by atomic mass is 10.1. The first-order valence-electron chi connectivity index (χ1n) is 5.60. The van der Waals surface area contributed by atoms with Crippen LogP contribution in [0.1, 0.15) is 24.2 Å². The number of ether oxygens (including phenoxy) is 1. The second kappa shape index (κ2) is 6.40. The molecule has 0 aliphatic rings. The largest absolute Gasteiger partial charge is 0.496 e. The molecular weight excluding hydrogens is 254 g/mol. The third-order valence-corrected chi connectivity index (χ3v) is 2.64. The minimum atomic E-state index is -0.233. The lowest BCUT2D eigenvalue weighted by Gasteiger charge is -2.10. The summed E-state index contributed by atoms with van der Waals surface area (Å²) in [6, 6.07) is 4.80. The van der Waals surface area contributed by atoms with E-state index < -0.39 is 0 Å². The summed E-state index contributed by atoms with van der Waals surface area (Å²) in [5, 5.41) is 3.02. The van der Waals surface area contributed by atoms with Gasteiger partial charge in [-0.25, -0.2) is 0 Å². The summed E-state index contributed by atoms with van der Waals surface area (Å²) in [6.45, 7) is 3.47. The summed E-state index contributed by atoms with van der Waals surface area (Å²) in [6.07, 6.45) is 0. The van der Waals surface area contributed by atoms with E-state index in [1.54, 1.807) is 26.0 Å². The molecule has 0 aromatic heterocycles. The number of benzene rings is 1. The minimum Gasteiger partial charge on any atom is -0.496 e. The van der Waals surface area contributed by atoms with Crippen LogP contribution in [0, 0.1) is 5.92 Å². The number of hydrogen-bond acceptors (Lipinski definition) is 3. The van der Waals surface area contributed by atoms with Crippen molar-refractivity contribution in [1.82, 2.24) is 5.32 Å². The molecule has 98 valence electrons. The molecule has 1 aromatic rings. The van der Waals surface area contributed by atoms with Crippen molar-refractivity contribution >= 4 is 23.3 Å². The van der Waals surface area contributed by atoms with Crippen LogP contribution in [0.25, 0.3) is 0 Å². The van der Waals surface area contributed by atoms with Gasteiger partial charge in [0.05, 0.1) is 19.2 Å². The van der Waals surface area contributed by atoms with E-state index >= 15 is 0 Å². The molecular formula is C13H16ClNO3. The van der Waals surface area contributed by atoms with Crippen molar-refractivity contribution in [3.8, 4) is 5.75 Å². The molecule has 0 aliphatic carbocycles. The van der Waals surface area contributed by atoms with Crippen molar-refractivity contribution in [2.45, 2.75) is 13.8 Å². The van der Waals surface area contributed by atoms with E-state index in [9.17, 15) is 9.59 Å². The SMILES string of the molecule is COc1ccc(Cl)cc1C(=O)CNC(=O)C(C)C. The van der Waals surface area contributed by atoms with Gasteiger partial charge in [0.2, 0.25) is 5.91 Å². The number of nitrogens with one attached hydrogen (secondary N) is 1. The number of rotatable bonds is 5. The first-order chi connectivity index (χ1) is 8.45. The summed E-state index contributed by atoms with van der Waals surface area (Å²) in [5.41, 5.74) is 0.369. The Bertz CT molecular complexity index is 458. The molecule has 5 heteroatoms. The summed E-state index contributed by atoms with van der Waals surface area (Å²) >= 11 is 5.84. The zero-order chi connectivity index (χ0) is 13.7. The van der Waals surface area contributed by atoms with E-state index in [4.69, 9.17) is 16.3 Å². The maximum Gasteiger partial charge on any atom is 0.222 e. The standard InChI is InChI=1S/C13H16ClNO3/c1-8(2)13(17)15-7-11(16)10-6-9(14)4-5-12(10)18-3/h4-6,8H,7H2,1-3H3,(H,15,17). The van der Waals surface area contributed by atoms with Crippen molar-refractivity contribution < 1.29 is 14.3 Å². The van der Waals surface area contributed by atoms with Crippen molar-refractivity contribution in [3.05, 3.63) is 28.8 Å². The fourth-order valence-corrected chi connectivity index (χ4v) is 1.54. The van der Waals surface area contributed by atoms with E-state index in [0.717, 1.165) is 0 Å². The van der Waals surface area contributed by atoms with Crippen LogP contribution in [0.5, 0.6) is 5.75 Å². The number of halogens is 1. The van der Waals surface area contributed by atoms with Crippen LogP contribution in [0.2, 0.25) is 5.02 Å². The molecule has 0 spiro atoms. The quantitative estimate of drug-likeness (QED) is 0.835. The van der Waals surface area contributed by atoms with E-state index in [0.29, 0.717) is 16.3 Å². The van der Waals surface area contributed by atoms with Gasteiger partial charge in [0.25, 0.3) is 0 Å². The Labute approximate surface area is 111 Å². The lowest BCUT2D eigenvalue weighted by molar-refractivity contribution is -0.123. The predicted octanol–water partition coefficient (Wildman–Crippen LogP) is 2.30. The number of ketones is 1. The van der Waals surface area contributed by atoms with Gasteiger partial charge in [-0.15, -0.1) is 0 Å². The van der Waals surface area contributed by atoms with E-state index in [1.165, 1.54) is 13.2 Å². The van der Waals surface area contributed by atoms with Gasteiger partial charge in [-0.3, -0.25) is 9.59 Å². The number of carbonyl (C=O) groups is 2. The Balaban J connectivity index is 2.78. The molecule has 0 atom stereocenters. The van der Waals surface area contributed by atoms with Gasteiger partial charge in [-0.1, -0.05) is 25.4 Å².